The van der Waals surface area contributed by atoms with E-state index in [9.17, 15) is 10.0 Å². The molecular weight excluding hydrogens is 383 g/mol. The zero-order valence-electron chi connectivity index (χ0n) is 17.3. The molecule has 0 aliphatic heterocycles. The zero-order chi connectivity index (χ0) is 21.6. The van der Waals surface area contributed by atoms with Crippen molar-refractivity contribution in [3.8, 4) is 11.1 Å². The van der Waals surface area contributed by atoms with Crippen molar-refractivity contribution in [2.75, 3.05) is 0 Å². The lowest BCUT2D eigenvalue weighted by atomic mass is 9.79. The van der Waals surface area contributed by atoms with Crippen LogP contribution in [0.15, 0.2) is 104 Å². The maximum absolute atomic E-state index is 9.34. The quantitative estimate of drug-likeness (QED) is 0.364. The third-order valence-electron chi connectivity index (χ3n) is 5.31. The molecule has 0 saturated carbocycles. The van der Waals surface area contributed by atoms with Crippen molar-refractivity contribution in [3.05, 3.63) is 121 Å². The van der Waals surface area contributed by atoms with Gasteiger partial charge >= 0.3 is 7.12 Å². The van der Waals surface area contributed by atoms with Crippen LogP contribution in [0, 0.1) is 0 Å². The van der Waals surface area contributed by atoms with Gasteiger partial charge in [0.25, 0.3) is 0 Å². The van der Waals surface area contributed by atoms with Crippen molar-refractivity contribution in [1.82, 2.24) is 0 Å². The van der Waals surface area contributed by atoms with E-state index in [1.54, 1.807) is 6.07 Å². The summed E-state index contributed by atoms with van der Waals surface area (Å²) in [6.45, 7) is 5.29. The third kappa shape index (κ3) is 5.34. The second-order valence-corrected chi connectivity index (χ2v) is 7.58. The van der Waals surface area contributed by atoms with Crippen LogP contribution in [0.25, 0.3) is 17.2 Å². The Labute approximate surface area is 183 Å². The van der Waals surface area contributed by atoms with E-state index in [0.717, 1.165) is 28.8 Å². The highest BCUT2D eigenvalue weighted by Gasteiger charge is 2.12. The maximum Gasteiger partial charge on any atom is 0.488 e. The van der Waals surface area contributed by atoms with Crippen molar-refractivity contribution >= 4 is 18.7 Å². The van der Waals surface area contributed by atoms with E-state index < -0.39 is 7.12 Å². The van der Waals surface area contributed by atoms with Crippen molar-refractivity contribution in [2.45, 2.75) is 13.1 Å². The van der Waals surface area contributed by atoms with Gasteiger partial charge in [-0.05, 0) is 22.2 Å². The monoisotopic (exact) mass is 408 g/mol. The smallest absolute Gasteiger partial charge is 0.423 e. The predicted molar refractivity (Wildman–Crippen MR) is 123 cm³/mol. The molecule has 2 heterocycles. The Morgan fingerprint density at radius 1 is 0.710 bits per heavy atom. The van der Waals surface area contributed by atoms with Gasteiger partial charge in [-0.2, -0.15) is 0 Å². The fourth-order valence-electron chi connectivity index (χ4n) is 3.54. The van der Waals surface area contributed by atoms with Crippen LogP contribution in [0.2, 0.25) is 0 Å². The van der Waals surface area contributed by atoms with E-state index in [1.807, 2.05) is 36.7 Å². The van der Waals surface area contributed by atoms with Crippen molar-refractivity contribution < 1.29 is 19.2 Å². The molecule has 0 atom stereocenters. The number of aromatic nitrogens is 2. The van der Waals surface area contributed by atoms with Crippen LogP contribution < -0.4 is 14.6 Å². The minimum atomic E-state index is -1.44. The number of nitrogens with zero attached hydrogens (tertiary/aromatic N) is 2. The normalized spacial score (nSPS) is 10.6. The minimum absolute atomic E-state index is 0.504. The first-order valence-corrected chi connectivity index (χ1v) is 10.3. The van der Waals surface area contributed by atoms with E-state index >= 15 is 0 Å². The first-order valence-electron chi connectivity index (χ1n) is 10.3. The van der Waals surface area contributed by atoms with Crippen LogP contribution in [-0.2, 0) is 13.1 Å². The van der Waals surface area contributed by atoms with E-state index in [1.165, 1.54) is 5.56 Å². The highest BCUT2D eigenvalue weighted by molar-refractivity contribution is 6.58. The lowest BCUT2D eigenvalue weighted by molar-refractivity contribution is -0.688. The van der Waals surface area contributed by atoms with E-state index in [0.29, 0.717) is 12.0 Å². The highest BCUT2D eigenvalue weighted by atomic mass is 16.4. The predicted octanol–water partition coefficient (Wildman–Crippen LogP) is 2.35. The molecule has 31 heavy (non-hydrogen) atoms. The van der Waals surface area contributed by atoms with Gasteiger partial charge in [0.15, 0.2) is 37.9 Å². The van der Waals surface area contributed by atoms with Gasteiger partial charge in [0.05, 0.1) is 0 Å². The summed E-state index contributed by atoms with van der Waals surface area (Å²) < 4.78 is 4.24. The SMILES string of the molecule is C=Cc1ccc(C[n+]2ccc(-c3cc[n+](Cc4cccc(B(O)O)c4)cc3)cc2)cc1. The Kier molecular flexibility index (Phi) is 6.36. The average molecular weight is 408 g/mol. The number of hydrogen-bond donors (Lipinski definition) is 2. The van der Waals surface area contributed by atoms with Crippen LogP contribution in [0.5, 0.6) is 0 Å². The molecular formula is C26H25BN2O2+2. The lowest BCUT2D eigenvalue weighted by Gasteiger charge is -2.04. The van der Waals surface area contributed by atoms with Gasteiger partial charge in [-0.25, -0.2) is 9.13 Å². The van der Waals surface area contributed by atoms with Gasteiger partial charge in [-0.3, -0.25) is 0 Å². The molecule has 4 nitrogen and oxygen atoms in total. The molecule has 2 N–H and O–H groups in total. The Morgan fingerprint density at radius 2 is 1.26 bits per heavy atom. The van der Waals surface area contributed by atoms with E-state index in [4.69, 9.17) is 0 Å². The molecule has 152 valence electrons. The molecule has 4 aromatic rings. The van der Waals surface area contributed by atoms with E-state index in [2.05, 4.69) is 76.6 Å². The molecule has 0 spiro atoms. The lowest BCUT2D eigenvalue weighted by Crippen LogP contribution is -2.35. The average Bonchev–Trinajstić information content (AvgIpc) is 2.81. The highest BCUT2D eigenvalue weighted by Crippen LogP contribution is 2.16. The standard InChI is InChI=1S/C26H25BN2O2/c1-2-21-6-8-22(9-7-21)19-28-14-10-24(11-15-28)25-12-16-29(17-13-25)20-23-4-3-5-26(18-23)27(30)31/h2-18,30-31H,1,19-20H2/q+2. The van der Waals surface area contributed by atoms with Crippen LogP contribution in [0.1, 0.15) is 16.7 Å². The molecule has 0 bridgehead atoms. The Morgan fingerprint density at radius 3 is 1.77 bits per heavy atom. The number of hydrogen-bond acceptors (Lipinski definition) is 2. The molecule has 0 aliphatic rings. The van der Waals surface area contributed by atoms with Gasteiger partial charge in [0.1, 0.15) is 0 Å². The summed E-state index contributed by atoms with van der Waals surface area (Å²) in [6, 6.07) is 24.2. The van der Waals surface area contributed by atoms with Crippen molar-refractivity contribution in [3.63, 3.8) is 0 Å². The molecule has 5 heteroatoms. The van der Waals surface area contributed by atoms with Crippen LogP contribution >= 0.6 is 0 Å². The first kappa shape index (κ1) is 20.7. The second-order valence-electron chi connectivity index (χ2n) is 7.58. The van der Waals surface area contributed by atoms with Crippen LogP contribution in [-0.4, -0.2) is 17.2 Å². The largest absolute Gasteiger partial charge is 0.488 e. The summed E-state index contributed by atoms with van der Waals surface area (Å²) in [4.78, 5) is 0. The molecule has 0 unspecified atom stereocenters. The molecule has 0 amide bonds. The Hall–Kier alpha value is -3.54. The van der Waals surface area contributed by atoms with Gasteiger partial charge in [0.2, 0.25) is 0 Å². The minimum Gasteiger partial charge on any atom is -0.423 e. The van der Waals surface area contributed by atoms with Crippen LogP contribution in [0.3, 0.4) is 0 Å². The fraction of sp³-hybridized carbons (Fsp3) is 0.0769. The summed E-state index contributed by atoms with van der Waals surface area (Å²) in [6.07, 6.45) is 10.1. The van der Waals surface area contributed by atoms with Crippen molar-refractivity contribution in [2.24, 2.45) is 0 Å². The maximum atomic E-state index is 9.34. The Balaban J connectivity index is 1.42. The summed E-state index contributed by atoms with van der Waals surface area (Å²) in [5.74, 6) is 0. The molecule has 0 radical (unpaired) electrons. The summed E-state index contributed by atoms with van der Waals surface area (Å²) in [5.41, 5.74) is 6.22. The molecule has 0 fully saturated rings. The summed E-state index contributed by atoms with van der Waals surface area (Å²) in [7, 11) is -1.44. The zero-order valence-corrected chi connectivity index (χ0v) is 17.3. The summed E-state index contributed by atoms with van der Waals surface area (Å²) >= 11 is 0. The molecule has 2 aromatic carbocycles. The van der Waals surface area contributed by atoms with Gasteiger partial charge in [0, 0.05) is 35.4 Å². The Bertz CT molecular complexity index is 1160. The van der Waals surface area contributed by atoms with Crippen molar-refractivity contribution in [1.29, 1.82) is 0 Å². The first-order chi connectivity index (χ1) is 15.1. The van der Waals surface area contributed by atoms with Gasteiger partial charge in [-0.15, -0.1) is 0 Å². The summed E-state index contributed by atoms with van der Waals surface area (Å²) in [5, 5.41) is 18.7. The number of rotatable bonds is 7. The molecule has 0 aliphatic carbocycles. The fourth-order valence-corrected chi connectivity index (χ4v) is 3.54. The van der Waals surface area contributed by atoms with E-state index in [-0.39, 0.29) is 0 Å². The second kappa shape index (κ2) is 9.52. The van der Waals surface area contributed by atoms with Crippen LogP contribution in [0.4, 0.5) is 0 Å². The van der Waals surface area contributed by atoms with Gasteiger partial charge < -0.3 is 10.0 Å². The van der Waals surface area contributed by atoms with Gasteiger partial charge in [-0.1, -0.05) is 61.2 Å². The molecule has 0 saturated heterocycles. The number of pyridine rings is 2. The number of benzene rings is 2. The molecule has 2 aromatic heterocycles. The third-order valence-corrected chi connectivity index (χ3v) is 5.31. The topological polar surface area (TPSA) is 48.2 Å². The molecule has 4 rings (SSSR count).